The van der Waals surface area contributed by atoms with Gasteiger partial charge in [0.1, 0.15) is 24.4 Å². The van der Waals surface area contributed by atoms with Crippen LogP contribution in [0.25, 0.3) is 0 Å². The number of aromatic nitrogens is 1. The molecule has 0 radical (unpaired) electrons. The number of carbonyl (C=O) groups excluding carboxylic acids is 5. The number of hydrogen-bond acceptors (Lipinski definition) is 6. The molecule has 1 heterocycles. The van der Waals surface area contributed by atoms with Gasteiger partial charge in [-0.25, -0.2) is 0 Å². The molecule has 10 nitrogen and oxygen atoms in total. The van der Waals surface area contributed by atoms with Crippen LogP contribution in [-0.4, -0.2) is 59.1 Å². The van der Waals surface area contributed by atoms with Crippen molar-refractivity contribution in [2.45, 2.75) is 85.5 Å². The van der Waals surface area contributed by atoms with Crippen molar-refractivity contribution in [2.75, 3.05) is 0 Å². The van der Waals surface area contributed by atoms with Crippen molar-refractivity contribution in [3.8, 4) is 0 Å². The van der Waals surface area contributed by atoms with Gasteiger partial charge in [0.2, 0.25) is 17.7 Å². The first-order valence-electron chi connectivity index (χ1n) is 12.5. The number of nitrogens with one attached hydrogen (secondary N) is 4. The van der Waals surface area contributed by atoms with E-state index < -0.39 is 47.8 Å². The maximum atomic E-state index is 13.2. The summed E-state index contributed by atoms with van der Waals surface area (Å²) in [7, 11) is 0. The number of rotatable bonds is 14. The summed E-state index contributed by atoms with van der Waals surface area (Å²) in [6.07, 6.45) is 4.41. The zero-order valence-electron chi connectivity index (χ0n) is 22.3. The lowest BCUT2D eigenvalue weighted by atomic mass is 9.98. The molecular formula is C26H41N5O5. The van der Waals surface area contributed by atoms with Crippen LogP contribution in [0.4, 0.5) is 0 Å². The molecule has 0 saturated carbocycles. The first kappa shape index (κ1) is 30.7. The zero-order chi connectivity index (χ0) is 27.4. The summed E-state index contributed by atoms with van der Waals surface area (Å²) in [5, 5.41) is 10.9. The molecule has 4 N–H and O–H groups in total. The highest BCUT2D eigenvalue weighted by Crippen LogP contribution is 2.11. The van der Waals surface area contributed by atoms with Crippen LogP contribution in [-0.2, 0) is 19.2 Å². The van der Waals surface area contributed by atoms with Gasteiger partial charge < -0.3 is 26.1 Å². The second-order valence-electron chi connectivity index (χ2n) is 10.0. The Kier molecular flexibility index (Phi) is 12.8. The van der Waals surface area contributed by atoms with E-state index in [2.05, 4.69) is 26.3 Å². The van der Waals surface area contributed by atoms with Crippen LogP contribution in [0.1, 0.15) is 71.7 Å². The first-order valence-corrected chi connectivity index (χ1v) is 12.5. The van der Waals surface area contributed by atoms with E-state index in [4.69, 9.17) is 0 Å². The molecule has 0 aromatic carbocycles. The predicted octanol–water partition coefficient (Wildman–Crippen LogP) is 1.60. The smallest absolute Gasteiger partial charge is 0.253 e. The van der Waals surface area contributed by atoms with Crippen molar-refractivity contribution in [3.63, 3.8) is 0 Å². The highest BCUT2D eigenvalue weighted by Gasteiger charge is 2.33. The summed E-state index contributed by atoms with van der Waals surface area (Å²) in [5.74, 6) is -2.37. The number of nitrogens with zero attached hydrogens (tertiary/aromatic N) is 1. The van der Waals surface area contributed by atoms with E-state index in [9.17, 15) is 24.0 Å². The maximum absolute atomic E-state index is 13.2. The van der Waals surface area contributed by atoms with Crippen LogP contribution in [0.15, 0.2) is 24.5 Å². The van der Waals surface area contributed by atoms with E-state index in [1.807, 2.05) is 13.8 Å². The predicted molar refractivity (Wildman–Crippen MR) is 137 cm³/mol. The molecule has 0 unspecified atom stereocenters. The van der Waals surface area contributed by atoms with Gasteiger partial charge in [-0.1, -0.05) is 48.5 Å². The van der Waals surface area contributed by atoms with Crippen molar-refractivity contribution < 1.29 is 24.0 Å². The number of amides is 4. The quantitative estimate of drug-likeness (QED) is 0.284. The van der Waals surface area contributed by atoms with Gasteiger partial charge in [-0.2, -0.15) is 0 Å². The minimum Gasteiger partial charge on any atom is -0.345 e. The summed E-state index contributed by atoms with van der Waals surface area (Å²) in [6.45, 7) is 12.8. The maximum Gasteiger partial charge on any atom is 0.253 e. The molecule has 0 aliphatic rings. The molecule has 200 valence electrons. The highest BCUT2D eigenvalue weighted by molar-refractivity contribution is 5.98. The average molecular weight is 504 g/mol. The normalized spacial score (nSPS) is 14.5. The molecule has 0 spiro atoms. The molecule has 1 aromatic rings. The Balaban J connectivity index is 3.00. The van der Waals surface area contributed by atoms with Crippen LogP contribution in [0.2, 0.25) is 0 Å². The summed E-state index contributed by atoms with van der Waals surface area (Å²) >= 11 is 0. The largest absolute Gasteiger partial charge is 0.345 e. The Morgan fingerprint density at radius 2 is 1.44 bits per heavy atom. The standard InChI is InChI=1S/C26H41N5O5/c1-8-19(14-32)28-24(34)20(12-15(2)3)29-25(35)21(16(4)5)31-26(36)22(17(6)7)30-23(33)18-10-9-11-27-13-18/h9-11,13-17,19-22H,8,12H2,1-7H3,(H,28,34)(H,29,35)(H,30,33)(H,31,36)/t19-,20-,21-,22-/m0/s1. The lowest BCUT2D eigenvalue weighted by molar-refractivity contribution is -0.134. The zero-order valence-corrected chi connectivity index (χ0v) is 22.3. The summed E-state index contributed by atoms with van der Waals surface area (Å²) in [5.41, 5.74) is 0.317. The van der Waals surface area contributed by atoms with E-state index in [0.717, 1.165) is 0 Å². The fraction of sp³-hybridized carbons (Fsp3) is 0.615. The number of aldehydes is 1. The molecule has 4 atom stereocenters. The minimum absolute atomic E-state index is 0.0949. The third kappa shape index (κ3) is 9.75. The third-order valence-corrected chi connectivity index (χ3v) is 5.68. The average Bonchev–Trinajstić information content (AvgIpc) is 2.83. The van der Waals surface area contributed by atoms with E-state index in [1.54, 1.807) is 52.9 Å². The van der Waals surface area contributed by atoms with Gasteiger partial charge in [0.15, 0.2) is 0 Å². The second kappa shape index (κ2) is 15.0. The fourth-order valence-electron chi connectivity index (χ4n) is 3.51. The Bertz CT molecular complexity index is 888. The van der Waals surface area contributed by atoms with Gasteiger partial charge in [0.25, 0.3) is 5.91 Å². The molecule has 36 heavy (non-hydrogen) atoms. The van der Waals surface area contributed by atoms with Crippen LogP contribution in [0.5, 0.6) is 0 Å². The first-order chi connectivity index (χ1) is 16.9. The van der Waals surface area contributed by atoms with Crippen molar-refractivity contribution in [1.82, 2.24) is 26.3 Å². The van der Waals surface area contributed by atoms with Gasteiger partial charge in [0.05, 0.1) is 11.6 Å². The summed E-state index contributed by atoms with van der Waals surface area (Å²) in [4.78, 5) is 66.8. The van der Waals surface area contributed by atoms with Crippen molar-refractivity contribution >= 4 is 29.9 Å². The third-order valence-electron chi connectivity index (χ3n) is 5.68. The molecule has 0 bridgehead atoms. The molecule has 0 aliphatic heterocycles. The van der Waals surface area contributed by atoms with Crippen LogP contribution >= 0.6 is 0 Å². The van der Waals surface area contributed by atoms with Crippen molar-refractivity contribution in [1.29, 1.82) is 0 Å². The SMILES string of the molecule is CC[C@@H](C=O)NC(=O)[C@H](CC(C)C)NC(=O)[C@@H](NC(=O)[C@@H](NC(=O)c1cccnc1)C(C)C)C(C)C. The Labute approximate surface area is 213 Å². The number of hydrogen-bond donors (Lipinski definition) is 4. The van der Waals surface area contributed by atoms with Crippen LogP contribution < -0.4 is 21.3 Å². The highest BCUT2D eigenvalue weighted by atomic mass is 16.2. The summed E-state index contributed by atoms with van der Waals surface area (Å²) < 4.78 is 0. The van der Waals surface area contributed by atoms with Crippen molar-refractivity contribution in [3.05, 3.63) is 30.1 Å². The molecule has 0 saturated heterocycles. The monoisotopic (exact) mass is 503 g/mol. The van der Waals surface area contributed by atoms with Gasteiger partial charge in [0, 0.05) is 12.4 Å². The van der Waals surface area contributed by atoms with E-state index >= 15 is 0 Å². The minimum atomic E-state index is -0.940. The Hall–Kier alpha value is -3.30. The number of pyridine rings is 1. The topological polar surface area (TPSA) is 146 Å². The fourth-order valence-corrected chi connectivity index (χ4v) is 3.51. The van der Waals surface area contributed by atoms with Crippen LogP contribution in [0.3, 0.4) is 0 Å². The van der Waals surface area contributed by atoms with E-state index in [1.165, 1.54) is 6.20 Å². The lowest BCUT2D eigenvalue weighted by Crippen LogP contribution is -2.59. The number of carbonyl (C=O) groups is 5. The van der Waals surface area contributed by atoms with E-state index in [-0.39, 0.29) is 17.8 Å². The molecule has 10 heteroatoms. The Morgan fingerprint density at radius 1 is 0.861 bits per heavy atom. The second-order valence-corrected chi connectivity index (χ2v) is 10.0. The molecule has 1 aromatic heterocycles. The molecule has 4 amide bonds. The molecule has 0 aliphatic carbocycles. The van der Waals surface area contributed by atoms with Crippen LogP contribution in [0, 0.1) is 17.8 Å². The molecule has 1 rings (SSSR count). The lowest BCUT2D eigenvalue weighted by Gasteiger charge is -2.29. The van der Waals surface area contributed by atoms with E-state index in [0.29, 0.717) is 24.7 Å². The van der Waals surface area contributed by atoms with Gasteiger partial charge in [-0.15, -0.1) is 0 Å². The Morgan fingerprint density at radius 3 is 1.92 bits per heavy atom. The summed E-state index contributed by atoms with van der Waals surface area (Å²) in [6, 6.07) is -0.116. The molecular weight excluding hydrogens is 462 g/mol. The van der Waals surface area contributed by atoms with Crippen molar-refractivity contribution in [2.24, 2.45) is 17.8 Å². The van der Waals surface area contributed by atoms with Gasteiger partial charge in [-0.3, -0.25) is 24.2 Å². The van der Waals surface area contributed by atoms with Gasteiger partial charge in [-0.05, 0) is 42.7 Å². The molecule has 0 fully saturated rings. The van der Waals surface area contributed by atoms with Gasteiger partial charge >= 0.3 is 0 Å².